The number of amides is 1. The first-order valence-corrected chi connectivity index (χ1v) is 7.37. The van der Waals surface area contributed by atoms with Crippen LogP contribution < -0.4 is 0 Å². The number of aryl methyl sites for hydroxylation is 1. The Morgan fingerprint density at radius 1 is 1.44 bits per heavy atom. The predicted octanol–water partition coefficient (Wildman–Crippen LogP) is 4.02. The van der Waals surface area contributed by atoms with Crippen LogP contribution in [0.5, 0.6) is 0 Å². The van der Waals surface area contributed by atoms with E-state index in [4.69, 9.17) is 0 Å². The third kappa shape index (κ3) is 2.61. The molecule has 0 spiro atoms. The average Bonchev–Trinajstić information content (AvgIpc) is 2.80. The van der Waals surface area contributed by atoms with E-state index in [-0.39, 0.29) is 5.91 Å². The fourth-order valence-corrected chi connectivity index (χ4v) is 3.08. The fraction of sp³-hybridized carbons (Fsp3) is 0.533. The zero-order valence-corrected chi connectivity index (χ0v) is 12.8. The Morgan fingerprint density at radius 3 is 2.83 bits per heavy atom. The Bertz CT molecular complexity index is 456. The molecule has 0 aliphatic carbocycles. The summed E-state index contributed by atoms with van der Waals surface area (Å²) in [5.41, 5.74) is 1.88. The van der Waals surface area contributed by atoms with Crippen molar-refractivity contribution in [3.05, 3.63) is 33.8 Å². The lowest BCUT2D eigenvalue weighted by Gasteiger charge is -2.28. The molecule has 2 rings (SSSR count). The van der Waals surface area contributed by atoms with Crippen molar-refractivity contribution < 1.29 is 4.79 Å². The Morgan fingerprint density at radius 2 is 2.17 bits per heavy atom. The van der Waals surface area contributed by atoms with Crippen LogP contribution in [0.3, 0.4) is 0 Å². The molecule has 0 bridgehead atoms. The molecule has 1 aromatic rings. The maximum absolute atomic E-state index is 12.6. The minimum Gasteiger partial charge on any atom is -0.335 e. The van der Waals surface area contributed by atoms with Gasteiger partial charge in [-0.2, -0.15) is 0 Å². The zero-order chi connectivity index (χ0) is 13.3. The van der Waals surface area contributed by atoms with Gasteiger partial charge >= 0.3 is 0 Å². The van der Waals surface area contributed by atoms with Gasteiger partial charge in [0.2, 0.25) is 0 Å². The molecule has 0 radical (unpaired) electrons. The summed E-state index contributed by atoms with van der Waals surface area (Å²) in [4.78, 5) is 14.7. The van der Waals surface area contributed by atoms with Crippen molar-refractivity contribution in [3.63, 3.8) is 0 Å². The van der Waals surface area contributed by atoms with E-state index in [1.165, 1.54) is 0 Å². The Labute approximate surface area is 117 Å². The molecule has 1 amide bonds. The third-order valence-electron chi connectivity index (χ3n) is 3.76. The Hall–Kier alpha value is -0.830. The number of rotatable bonds is 2. The van der Waals surface area contributed by atoms with E-state index in [2.05, 4.69) is 34.7 Å². The molecule has 98 valence electrons. The lowest BCUT2D eigenvalue weighted by atomic mass is 10.0. The summed E-state index contributed by atoms with van der Waals surface area (Å²) in [6, 6.07) is 6.32. The van der Waals surface area contributed by atoms with Crippen LogP contribution >= 0.6 is 15.9 Å². The molecule has 1 aromatic carbocycles. The third-order valence-corrected chi connectivity index (χ3v) is 4.25. The van der Waals surface area contributed by atoms with Gasteiger partial charge in [0.1, 0.15) is 0 Å². The van der Waals surface area contributed by atoms with E-state index >= 15 is 0 Å². The molecule has 1 heterocycles. The molecule has 1 unspecified atom stereocenters. The van der Waals surface area contributed by atoms with Crippen LogP contribution in [0.25, 0.3) is 0 Å². The van der Waals surface area contributed by atoms with Crippen LogP contribution in [0.1, 0.15) is 42.6 Å². The Balaban J connectivity index is 2.28. The monoisotopic (exact) mass is 309 g/mol. The highest BCUT2D eigenvalue weighted by molar-refractivity contribution is 9.10. The topological polar surface area (TPSA) is 20.3 Å². The molecule has 0 N–H and O–H groups in total. The Kier molecular flexibility index (Phi) is 4.10. The quantitative estimate of drug-likeness (QED) is 0.808. The molecular weight excluding hydrogens is 290 g/mol. The van der Waals surface area contributed by atoms with Gasteiger partial charge in [-0.05, 0) is 43.4 Å². The fourth-order valence-electron chi connectivity index (χ4n) is 2.72. The first-order chi connectivity index (χ1) is 8.50. The van der Waals surface area contributed by atoms with Crippen molar-refractivity contribution in [1.82, 2.24) is 4.90 Å². The van der Waals surface area contributed by atoms with Crippen molar-refractivity contribution in [3.8, 4) is 0 Å². The van der Waals surface area contributed by atoms with E-state index in [1.54, 1.807) is 0 Å². The van der Waals surface area contributed by atoms with Crippen LogP contribution in [0.4, 0.5) is 0 Å². The van der Waals surface area contributed by atoms with Crippen molar-refractivity contribution in [2.75, 3.05) is 6.54 Å². The minimum atomic E-state index is 0.185. The number of benzene rings is 1. The van der Waals surface area contributed by atoms with Gasteiger partial charge in [-0.3, -0.25) is 4.79 Å². The molecule has 1 saturated heterocycles. The summed E-state index contributed by atoms with van der Waals surface area (Å²) < 4.78 is 0.969. The van der Waals surface area contributed by atoms with Gasteiger partial charge in [0.15, 0.2) is 0 Å². The summed E-state index contributed by atoms with van der Waals surface area (Å²) in [7, 11) is 0. The van der Waals surface area contributed by atoms with Crippen molar-refractivity contribution >= 4 is 21.8 Å². The van der Waals surface area contributed by atoms with Gasteiger partial charge < -0.3 is 4.90 Å². The highest BCUT2D eigenvalue weighted by Gasteiger charge is 2.31. The normalized spacial score (nSPS) is 19.6. The molecule has 2 nitrogen and oxygen atoms in total. The second kappa shape index (κ2) is 5.43. The van der Waals surface area contributed by atoms with E-state index in [0.717, 1.165) is 35.0 Å². The first-order valence-electron chi connectivity index (χ1n) is 6.58. The SMILES string of the molecule is Cc1ccc(Br)cc1C(=O)N1CCCC1C(C)C. The van der Waals surface area contributed by atoms with Gasteiger partial charge in [-0.15, -0.1) is 0 Å². The summed E-state index contributed by atoms with van der Waals surface area (Å²) in [5.74, 6) is 0.717. The van der Waals surface area contributed by atoms with Gasteiger partial charge in [0.25, 0.3) is 5.91 Å². The highest BCUT2D eigenvalue weighted by atomic mass is 79.9. The minimum absolute atomic E-state index is 0.185. The van der Waals surface area contributed by atoms with Crippen molar-refractivity contribution in [1.29, 1.82) is 0 Å². The second-order valence-electron chi connectivity index (χ2n) is 5.41. The van der Waals surface area contributed by atoms with Gasteiger partial charge in [-0.1, -0.05) is 35.8 Å². The number of carbonyl (C=O) groups excluding carboxylic acids is 1. The molecule has 1 atom stereocenters. The molecule has 1 aliphatic heterocycles. The number of halogens is 1. The lowest BCUT2D eigenvalue weighted by molar-refractivity contribution is 0.0701. The first kappa shape index (κ1) is 13.6. The summed E-state index contributed by atoms with van der Waals surface area (Å²) in [6.45, 7) is 7.29. The standard InChI is InChI=1S/C15H20BrNO/c1-10(2)14-5-4-8-17(14)15(18)13-9-12(16)7-6-11(13)3/h6-7,9-10,14H,4-5,8H2,1-3H3. The molecule has 0 aromatic heterocycles. The van der Waals surface area contributed by atoms with Crippen LogP contribution in [-0.2, 0) is 0 Å². The van der Waals surface area contributed by atoms with Gasteiger partial charge in [0, 0.05) is 22.6 Å². The van der Waals surface area contributed by atoms with E-state index < -0.39 is 0 Å². The average molecular weight is 310 g/mol. The van der Waals surface area contributed by atoms with E-state index in [1.807, 2.05) is 25.1 Å². The number of hydrogen-bond donors (Lipinski definition) is 0. The van der Waals surface area contributed by atoms with Crippen molar-refractivity contribution in [2.45, 2.75) is 39.7 Å². The molecule has 1 fully saturated rings. The van der Waals surface area contributed by atoms with Gasteiger partial charge in [-0.25, -0.2) is 0 Å². The molecule has 0 saturated carbocycles. The van der Waals surface area contributed by atoms with Gasteiger partial charge in [0.05, 0.1) is 0 Å². The highest BCUT2D eigenvalue weighted by Crippen LogP contribution is 2.27. The zero-order valence-electron chi connectivity index (χ0n) is 11.2. The largest absolute Gasteiger partial charge is 0.335 e. The maximum Gasteiger partial charge on any atom is 0.254 e. The van der Waals surface area contributed by atoms with Crippen LogP contribution in [-0.4, -0.2) is 23.4 Å². The number of likely N-dealkylation sites (tertiary alicyclic amines) is 1. The van der Waals surface area contributed by atoms with E-state index in [0.29, 0.717) is 12.0 Å². The summed E-state index contributed by atoms with van der Waals surface area (Å²) in [6.07, 6.45) is 2.26. The molecule has 1 aliphatic rings. The van der Waals surface area contributed by atoms with Crippen LogP contribution in [0.2, 0.25) is 0 Å². The smallest absolute Gasteiger partial charge is 0.254 e. The predicted molar refractivity (Wildman–Crippen MR) is 77.8 cm³/mol. The summed E-state index contributed by atoms with van der Waals surface area (Å²) >= 11 is 3.45. The van der Waals surface area contributed by atoms with Crippen molar-refractivity contribution in [2.24, 2.45) is 5.92 Å². The number of carbonyl (C=O) groups is 1. The molecule has 3 heteroatoms. The summed E-state index contributed by atoms with van der Waals surface area (Å²) in [5, 5.41) is 0. The molecular formula is C15H20BrNO. The number of hydrogen-bond acceptors (Lipinski definition) is 1. The lowest BCUT2D eigenvalue weighted by Crippen LogP contribution is -2.38. The van der Waals surface area contributed by atoms with E-state index in [9.17, 15) is 4.79 Å². The second-order valence-corrected chi connectivity index (χ2v) is 6.33. The van der Waals surface area contributed by atoms with Crippen LogP contribution in [0.15, 0.2) is 22.7 Å². The molecule has 18 heavy (non-hydrogen) atoms. The maximum atomic E-state index is 12.6. The number of nitrogens with zero attached hydrogens (tertiary/aromatic N) is 1. The van der Waals surface area contributed by atoms with Crippen LogP contribution in [0, 0.1) is 12.8 Å².